The number of benzene rings is 1. The SMILES string of the molecule is NOCc1ccc2nnsc2c1. The molecule has 1 aromatic carbocycles. The number of hydrogen-bond acceptors (Lipinski definition) is 5. The molecule has 1 heterocycles. The summed E-state index contributed by atoms with van der Waals surface area (Å²) in [4.78, 5) is 4.52. The first kappa shape index (κ1) is 7.60. The van der Waals surface area contributed by atoms with Crippen molar-refractivity contribution in [2.45, 2.75) is 6.61 Å². The maximum absolute atomic E-state index is 4.95. The molecule has 0 fully saturated rings. The Morgan fingerprint density at radius 1 is 1.50 bits per heavy atom. The van der Waals surface area contributed by atoms with Crippen LogP contribution in [0.2, 0.25) is 0 Å². The highest BCUT2D eigenvalue weighted by Gasteiger charge is 1.98. The Labute approximate surface area is 73.1 Å². The Morgan fingerprint density at radius 3 is 3.25 bits per heavy atom. The molecular weight excluding hydrogens is 174 g/mol. The minimum Gasteiger partial charge on any atom is -0.300 e. The Hall–Kier alpha value is -1.04. The van der Waals surface area contributed by atoms with Crippen molar-refractivity contribution in [3.8, 4) is 0 Å². The molecule has 0 saturated carbocycles. The van der Waals surface area contributed by atoms with Gasteiger partial charge in [0.2, 0.25) is 0 Å². The van der Waals surface area contributed by atoms with E-state index in [0.717, 1.165) is 15.8 Å². The van der Waals surface area contributed by atoms with Crippen LogP contribution in [0.1, 0.15) is 5.56 Å². The molecule has 0 atom stereocenters. The predicted octanol–water partition coefficient (Wildman–Crippen LogP) is 1.08. The van der Waals surface area contributed by atoms with E-state index >= 15 is 0 Å². The van der Waals surface area contributed by atoms with Crippen molar-refractivity contribution in [1.29, 1.82) is 0 Å². The van der Waals surface area contributed by atoms with Crippen molar-refractivity contribution in [2.75, 3.05) is 0 Å². The molecule has 0 spiro atoms. The molecule has 2 rings (SSSR count). The summed E-state index contributed by atoms with van der Waals surface area (Å²) in [7, 11) is 0. The lowest BCUT2D eigenvalue weighted by Gasteiger charge is -1.96. The molecule has 0 radical (unpaired) electrons. The minimum atomic E-state index is 0.424. The van der Waals surface area contributed by atoms with Gasteiger partial charge in [-0.25, -0.2) is 5.90 Å². The molecule has 12 heavy (non-hydrogen) atoms. The molecule has 2 aromatic rings. The normalized spacial score (nSPS) is 10.8. The molecule has 0 saturated heterocycles. The van der Waals surface area contributed by atoms with Crippen LogP contribution in [0.25, 0.3) is 10.2 Å². The van der Waals surface area contributed by atoms with Crippen molar-refractivity contribution >= 4 is 21.7 Å². The molecule has 2 N–H and O–H groups in total. The summed E-state index contributed by atoms with van der Waals surface area (Å²) in [6, 6.07) is 5.82. The van der Waals surface area contributed by atoms with Crippen molar-refractivity contribution in [2.24, 2.45) is 5.90 Å². The van der Waals surface area contributed by atoms with Crippen LogP contribution in [0.4, 0.5) is 0 Å². The van der Waals surface area contributed by atoms with Crippen LogP contribution < -0.4 is 5.90 Å². The first-order valence-corrected chi connectivity index (χ1v) is 4.20. The van der Waals surface area contributed by atoms with Gasteiger partial charge in [-0.2, -0.15) is 0 Å². The Bertz CT molecular complexity index is 387. The zero-order valence-corrected chi connectivity index (χ0v) is 7.04. The number of rotatable bonds is 2. The van der Waals surface area contributed by atoms with Crippen LogP contribution >= 0.6 is 11.5 Å². The zero-order valence-electron chi connectivity index (χ0n) is 6.23. The second-order valence-corrected chi connectivity index (χ2v) is 3.17. The summed E-state index contributed by atoms with van der Waals surface area (Å²) in [5.74, 6) is 4.95. The summed E-state index contributed by atoms with van der Waals surface area (Å²) < 4.78 is 4.88. The van der Waals surface area contributed by atoms with Crippen LogP contribution in [0.3, 0.4) is 0 Å². The van der Waals surface area contributed by atoms with E-state index in [4.69, 9.17) is 5.90 Å². The average molecular weight is 181 g/mol. The predicted molar refractivity (Wildman–Crippen MR) is 46.4 cm³/mol. The van der Waals surface area contributed by atoms with Gasteiger partial charge in [-0.15, -0.1) is 5.10 Å². The fourth-order valence-electron chi connectivity index (χ4n) is 1.01. The second kappa shape index (κ2) is 3.14. The average Bonchev–Trinajstić information content (AvgIpc) is 2.51. The lowest BCUT2D eigenvalue weighted by molar-refractivity contribution is 0.124. The monoisotopic (exact) mass is 181 g/mol. The summed E-state index contributed by atoms with van der Waals surface area (Å²) >= 11 is 1.37. The number of fused-ring (bicyclic) bond motifs is 1. The van der Waals surface area contributed by atoms with E-state index in [0.29, 0.717) is 6.61 Å². The molecule has 1 aromatic heterocycles. The van der Waals surface area contributed by atoms with E-state index in [1.807, 2.05) is 18.2 Å². The highest BCUT2D eigenvalue weighted by molar-refractivity contribution is 7.12. The zero-order chi connectivity index (χ0) is 8.39. The van der Waals surface area contributed by atoms with Gasteiger partial charge in [0.1, 0.15) is 5.52 Å². The van der Waals surface area contributed by atoms with Crippen LogP contribution in [0.15, 0.2) is 18.2 Å². The second-order valence-electron chi connectivity index (χ2n) is 2.39. The van der Waals surface area contributed by atoms with Gasteiger partial charge in [0.15, 0.2) is 0 Å². The highest BCUT2D eigenvalue weighted by Crippen LogP contribution is 2.16. The van der Waals surface area contributed by atoms with Gasteiger partial charge in [0.05, 0.1) is 11.3 Å². The van der Waals surface area contributed by atoms with Crippen molar-refractivity contribution in [3.05, 3.63) is 23.8 Å². The summed E-state index contributed by atoms with van der Waals surface area (Å²) in [5, 5.41) is 3.92. The fraction of sp³-hybridized carbons (Fsp3) is 0.143. The van der Waals surface area contributed by atoms with E-state index < -0.39 is 0 Å². The molecule has 5 heteroatoms. The lowest BCUT2D eigenvalue weighted by Crippen LogP contribution is -1.98. The third-order valence-corrected chi connectivity index (χ3v) is 2.25. The van der Waals surface area contributed by atoms with E-state index in [-0.39, 0.29) is 0 Å². The number of nitrogens with two attached hydrogens (primary N) is 1. The smallest absolute Gasteiger partial charge is 0.105 e. The summed E-state index contributed by atoms with van der Waals surface area (Å²) in [6.45, 7) is 0.424. The molecule has 0 bridgehead atoms. The van der Waals surface area contributed by atoms with Gasteiger partial charge >= 0.3 is 0 Å². The molecule has 0 unspecified atom stereocenters. The van der Waals surface area contributed by atoms with E-state index in [1.54, 1.807) is 0 Å². The maximum Gasteiger partial charge on any atom is 0.105 e. The van der Waals surface area contributed by atoms with Gasteiger partial charge in [0, 0.05) is 0 Å². The topological polar surface area (TPSA) is 61.0 Å². The lowest BCUT2D eigenvalue weighted by atomic mass is 10.2. The molecule has 0 amide bonds. The third-order valence-electron chi connectivity index (χ3n) is 1.56. The van der Waals surface area contributed by atoms with Gasteiger partial charge in [-0.3, -0.25) is 4.84 Å². The van der Waals surface area contributed by atoms with Crippen molar-refractivity contribution in [1.82, 2.24) is 9.59 Å². The quantitative estimate of drug-likeness (QED) is 0.704. The molecular formula is C7H7N3OS. The number of hydrogen-bond donors (Lipinski definition) is 1. The fourth-order valence-corrected chi connectivity index (χ4v) is 1.63. The maximum atomic E-state index is 4.95. The highest BCUT2D eigenvalue weighted by atomic mass is 32.1. The first-order valence-electron chi connectivity index (χ1n) is 3.43. The van der Waals surface area contributed by atoms with Gasteiger partial charge in [0.25, 0.3) is 0 Å². The van der Waals surface area contributed by atoms with Crippen LogP contribution in [-0.4, -0.2) is 9.59 Å². The summed E-state index contributed by atoms with van der Waals surface area (Å²) in [6.07, 6.45) is 0. The Balaban J connectivity index is 2.46. The van der Waals surface area contributed by atoms with Gasteiger partial charge in [-0.1, -0.05) is 10.6 Å². The largest absolute Gasteiger partial charge is 0.300 e. The molecule has 0 aliphatic carbocycles. The number of aromatic nitrogens is 2. The molecule has 62 valence electrons. The molecule has 4 nitrogen and oxygen atoms in total. The van der Waals surface area contributed by atoms with Crippen LogP contribution in [0.5, 0.6) is 0 Å². The van der Waals surface area contributed by atoms with Crippen LogP contribution in [0, 0.1) is 0 Å². The van der Waals surface area contributed by atoms with Gasteiger partial charge in [-0.05, 0) is 29.2 Å². The summed E-state index contributed by atoms with van der Waals surface area (Å²) in [5.41, 5.74) is 1.96. The molecule has 0 aliphatic heterocycles. The van der Waals surface area contributed by atoms with E-state index in [9.17, 15) is 0 Å². The number of nitrogens with zero attached hydrogens (tertiary/aromatic N) is 2. The Kier molecular flexibility index (Phi) is 1.99. The standard InChI is InChI=1S/C7H7N3OS/c8-11-4-5-1-2-6-7(3-5)12-10-9-6/h1-3H,4,8H2. The molecule has 0 aliphatic rings. The van der Waals surface area contributed by atoms with Crippen molar-refractivity contribution in [3.63, 3.8) is 0 Å². The van der Waals surface area contributed by atoms with Crippen LogP contribution in [-0.2, 0) is 11.4 Å². The third kappa shape index (κ3) is 1.29. The minimum absolute atomic E-state index is 0.424. The Morgan fingerprint density at radius 2 is 2.42 bits per heavy atom. The van der Waals surface area contributed by atoms with E-state index in [2.05, 4.69) is 14.4 Å². The van der Waals surface area contributed by atoms with Gasteiger partial charge < -0.3 is 0 Å². The van der Waals surface area contributed by atoms with Crippen molar-refractivity contribution < 1.29 is 4.84 Å². The van der Waals surface area contributed by atoms with E-state index in [1.165, 1.54) is 11.5 Å². The first-order chi connectivity index (χ1) is 5.90.